The van der Waals surface area contributed by atoms with Crippen LogP contribution in [0.5, 0.6) is 0 Å². The normalized spacial score (nSPS) is 11.9. The number of hydrogen-bond donors (Lipinski definition) is 2. The molecule has 0 aromatic carbocycles. The van der Waals surface area contributed by atoms with E-state index in [1.165, 1.54) is 11.3 Å². The maximum Gasteiger partial charge on any atom is 0.261 e. The topological polar surface area (TPSA) is 58.2 Å². The minimum Gasteiger partial charge on any atom is -0.354 e. The number of nitrogens with one attached hydrogen (secondary N) is 2. The molecule has 1 heterocycles. The predicted molar refractivity (Wildman–Crippen MR) is 73.8 cm³/mol. The van der Waals surface area contributed by atoms with Gasteiger partial charge in [0.2, 0.25) is 5.91 Å². The molecule has 0 fully saturated rings. The third-order valence-electron chi connectivity index (χ3n) is 2.63. The Bertz CT molecular complexity index is 376. The van der Waals surface area contributed by atoms with Gasteiger partial charge in [0.05, 0.1) is 4.88 Å². The van der Waals surface area contributed by atoms with Crippen LogP contribution in [-0.4, -0.2) is 24.4 Å². The smallest absolute Gasteiger partial charge is 0.261 e. The van der Waals surface area contributed by atoms with Crippen molar-refractivity contribution >= 4 is 23.2 Å². The van der Waals surface area contributed by atoms with E-state index in [1.54, 1.807) is 6.07 Å². The first kappa shape index (κ1) is 14.7. The standard InChI is InChI=1S/C13H20N2O2S/c1-3-10(2)15-12(16)7-4-8-14-13(17)11-6-5-9-18-11/h5-6,9-10H,3-4,7-8H2,1-2H3,(H,14,17)(H,15,16). The van der Waals surface area contributed by atoms with E-state index in [0.717, 1.165) is 6.42 Å². The molecule has 0 radical (unpaired) electrons. The fourth-order valence-electron chi connectivity index (χ4n) is 1.39. The molecule has 0 saturated carbocycles. The van der Waals surface area contributed by atoms with E-state index in [4.69, 9.17) is 0 Å². The average Bonchev–Trinajstić information content (AvgIpc) is 2.88. The Morgan fingerprint density at radius 3 is 2.83 bits per heavy atom. The molecule has 0 aliphatic carbocycles. The maximum atomic E-state index is 11.6. The van der Waals surface area contributed by atoms with Crippen molar-refractivity contribution in [3.8, 4) is 0 Å². The van der Waals surface area contributed by atoms with Crippen molar-refractivity contribution in [3.63, 3.8) is 0 Å². The van der Waals surface area contributed by atoms with Crippen molar-refractivity contribution in [1.82, 2.24) is 10.6 Å². The first-order valence-corrected chi connectivity index (χ1v) is 7.12. The van der Waals surface area contributed by atoms with Crippen LogP contribution in [0.3, 0.4) is 0 Å². The zero-order valence-electron chi connectivity index (χ0n) is 10.9. The lowest BCUT2D eigenvalue weighted by atomic mass is 10.2. The molecule has 0 saturated heterocycles. The first-order valence-electron chi connectivity index (χ1n) is 6.24. The van der Waals surface area contributed by atoms with Crippen molar-refractivity contribution in [1.29, 1.82) is 0 Å². The van der Waals surface area contributed by atoms with Crippen LogP contribution in [0.25, 0.3) is 0 Å². The van der Waals surface area contributed by atoms with Crippen LogP contribution in [0, 0.1) is 0 Å². The van der Waals surface area contributed by atoms with Gasteiger partial charge >= 0.3 is 0 Å². The summed E-state index contributed by atoms with van der Waals surface area (Å²) < 4.78 is 0. The van der Waals surface area contributed by atoms with Gasteiger partial charge in [-0.3, -0.25) is 9.59 Å². The van der Waals surface area contributed by atoms with Crippen LogP contribution >= 0.6 is 11.3 Å². The second-order valence-electron chi connectivity index (χ2n) is 4.21. The summed E-state index contributed by atoms with van der Waals surface area (Å²) in [5, 5.41) is 7.56. The Labute approximate surface area is 112 Å². The molecule has 0 aliphatic heterocycles. The summed E-state index contributed by atoms with van der Waals surface area (Å²) in [6, 6.07) is 3.85. The van der Waals surface area contributed by atoms with E-state index in [-0.39, 0.29) is 17.9 Å². The lowest BCUT2D eigenvalue weighted by molar-refractivity contribution is -0.121. The molecule has 1 unspecified atom stereocenters. The highest BCUT2D eigenvalue weighted by Gasteiger charge is 2.07. The van der Waals surface area contributed by atoms with Gasteiger partial charge in [-0.2, -0.15) is 0 Å². The van der Waals surface area contributed by atoms with Crippen LogP contribution in [0.2, 0.25) is 0 Å². The number of rotatable bonds is 7. The second kappa shape index (κ2) is 7.87. The van der Waals surface area contributed by atoms with Gasteiger partial charge in [0.25, 0.3) is 5.91 Å². The lowest BCUT2D eigenvalue weighted by Gasteiger charge is -2.11. The van der Waals surface area contributed by atoms with Gasteiger partial charge in [-0.25, -0.2) is 0 Å². The molecule has 1 rings (SSSR count). The van der Waals surface area contributed by atoms with Gasteiger partial charge in [-0.15, -0.1) is 11.3 Å². The Kier molecular flexibility index (Phi) is 6.43. The van der Waals surface area contributed by atoms with Gasteiger partial charge in [0.1, 0.15) is 0 Å². The molecule has 18 heavy (non-hydrogen) atoms. The van der Waals surface area contributed by atoms with Crippen LogP contribution in [0.15, 0.2) is 17.5 Å². The lowest BCUT2D eigenvalue weighted by Crippen LogP contribution is -2.32. The molecule has 5 heteroatoms. The molecule has 2 N–H and O–H groups in total. The summed E-state index contributed by atoms with van der Waals surface area (Å²) in [6.45, 7) is 4.55. The fourth-order valence-corrected chi connectivity index (χ4v) is 2.03. The third kappa shape index (κ3) is 5.31. The van der Waals surface area contributed by atoms with Crippen molar-refractivity contribution in [2.75, 3.05) is 6.54 Å². The van der Waals surface area contributed by atoms with Crippen molar-refractivity contribution in [2.24, 2.45) is 0 Å². The average molecular weight is 268 g/mol. The molecular formula is C13H20N2O2S. The van der Waals surface area contributed by atoms with E-state index in [9.17, 15) is 9.59 Å². The first-order chi connectivity index (χ1) is 8.63. The molecule has 1 aromatic heterocycles. The zero-order chi connectivity index (χ0) is 13.4. The Morgan fingerprint density at radius 2 is 2.22 bits per heavy atom. The summed E-state index contributed by atoms with van der Waals surface area (Å²) in [4.78, 5) is 23.7. The van der Waals surface area contributed by atoms with E-state index >= 15 is 0 Å². The Balaban J connectivity index is 2.12. The summed E-state index contributed by atoms with van der Waals surface area (Å²) in [6.07, 6.45) is 2.05. The molecule has 1 atom stereocenters. The van der Waals surface area contributed by atoms with E-state index in [1.807, 2.05) is 25.3 Å². The molecule has 100 valence electrons. The van der Waals surface area contributed by atoms with E-state index < -0.39 is 0 Å². The van der Waals surface area contributed by atoms with Gasteiger partial charge in [0, 0.05) is 19.0 Å². The molecule has 0 bridgehead atoms. The number of carbonyl (C=O) groups is 2. The zero-order valence-corrected chi connectivity index (χ0v) is 11.7. The SMILES string of the molecule is CCC(C)NC(=O)CCCNC(=O)c1cccs1. The third-order valence-corrected chi connectivity index (χ3v) is 3.50. The summed E-state index contributed by atoms with van der Waals surface area (Å²) >= 11 is 1.42. The van der Waals surface area contributed by atoms with Crippen LogP contribution in [0.1, 0.15) is 42.8 Å². The molecular weight excluding hydrogens is 248 g/mol. The fraction of sp³-hybridized carbons (Fsp3) is 0.538. The molecule has 0 spiro atoms. The second-order valence-corrected chi connectivity index (χ2v) is 5.16. The number of thiophene rings is 1. The monoisotopic (exact) mass is 268 g/mol. The van der Waals surface area contributed by atoms with Gasteiger partial charge < -0.3 is 10.6 Å². The van der Waals surface area contributed by atoms with Crippen LogP contribution < -0.4 is 10.6 Å². The minimum absolute atomic E-state index is 0.0507. The minimum atomic E-state index is -0.0627. The number of amides is 2. The largest absolute Gasteiger partial charge is 0.354 e. The predicted octanol–water partition coefficient (Wildman–Crippen LogP) is 2.17. The van der Waals surface area contributed by atoms with Crippen molar-refractivity contribution in [3.05, 3.63) is 22.4 Å². The van der Waals surface area contributed by atoms with Crippen molar-refractivity contribution in [2.45, 2.75) is 39.2 Å². The highest BCUT2D eigenvalue weighted by atomic mass is 32.1. The summed E-state index contributed by atoms with van der Waals surface area (Å²) in [5.41, 5.74) is 0. The quantitative estimate of drug-likeness (QED) is 0.745. The van der Waals surface area contributed by atoms with Crippen molar-refractivity contribution < 1.29 is 9.59 Å². The highest BCUT2D eigenvalue weighted by Crippen LogP contribution is 2.07. The molecule has 4 nitrogen and oxygen atoms in total. The van der Waals surface area contributed by atoms with Gasteiger partial charge in [-0.1, -0.05) is 13.0 Å². The summed E-state index contributed by atoms with van der Waals surface area (Å²) in [7, 11) is 0. The van der Waals surface area contributed by atoms with Gasteiger partial charge in [0.15, 0.2) is 0 Å². The molecule has 1 aromatic rings. The van der Waals surface area contributed by atoms with Crippen LogP contribution in [-0.2, 0) is 4.79 Å². The summed E-state index contributed by atoms with van der Waals surface area (Å²) in [5.74, 6) is -0.0120. The number of carbonyl (C=O) groups excluding carboxylic acids is 2. The van der Waals surface area contributed by atoms with E-state index in [0.29, 0.717) is 24.3 Å². The van der Waals surface area contributed by atoms with Gasteiger partial charge in [-0.05, 0) is 31.2 Å². The highest BCUT2D eigenvalue weighted by molar-refractivity contribution is 7.12. The Hall–Kier alpha value is -1.36. The van der Waals surface area contributed by atoms with E-state index in [2.05, 4.69) is 10.6 Å². The molecule has 0 aliphatic rings. The van der Waals surface area contributed by atoms with Crippen LogP contribution in [0.4, 0.5) is 0 Å². The maximum absolute atomic E-state index is 11.6. The number of hydrogen-bond acceptors (Lipinski definition) is 3. The molecule has 2 amide bonds. The Morgan fingerprint density at radius 1 is 1.44 bits per heavy atom.